The second kappa shape index (κ2) is 11.1. The molecule has 0 fully saturated rings. The van der Waals surface area contributed by atoms with Crippen molar-refractivity contribution in [3.8, 4) is 11.4 Å². The Balaban J connectivity index is 1.66. The average Bonchev–Trinajstić information content (AvgIpc) is 3.26. The maximum atomic E-state index is 14.1. The molecule has 0 unspecified atom stereocenters. The summed E-state index contributed by atoms with van der Waals surface area (Å²) in [7, 11) is 2.93. The lowest BCUT2D eigenvalue weighted by molar-refractivity contribution is -0.126. The molecule has 9 heteroatoms. The smallest absolute Gasteiger partial charge is 0.246 e. The Labute approximate surface area is 201 Å². The third-order valence-corrected chi connectivity index (χ3v) is 5.38. The summed E-state index contributed by atoms with van der Waals surface area (Å²) < 4.78 is 45.6. The second-order valence-corrected chi connectivity index (χ2v) is 7.91. The molecule has 182 valence electrons. The summed E-state index contributed by atoms with van der Waals surface area (Å²) in [4.78, 5) is 12.3. The van der Waals surface area contributed by atoms with E-state index in [2.05, 4.69) is 10.4 Å². The van der Waals surface area contributed by atoms with Crippen molar-refractivity contribution in [1.29, 1.82) is 0 Å². The number of methoxy groups -OCH3 is 2. The highest BCUT2D eigenvalue weighted by Crippen LogP contribution is 2.29. The number of aromatic nitrogens is 2. The predicted octanol–water partition coefficient (Wildman–Crippen LogP) is 4.20. The Morgan fingerprint density at radius 3 is 2.51 bits per heavy atom. The number of fused-ring (bicyclic) bond motifs is 1. The van der Waals surface area contributed by atoms with Crippen LogP contribution in [0.2, 0.25) is 0 Å². The van der Waals surface area contributed by atoms with Crippen molar-refractivity contribution in [2.45, 2.75) is 12.1 Å². The van der Waals surface area contributed by atoms with Gasteiger partial charge in [-0.2, -0.15) is 5.10 Å². The van der Waals surface area contributed by atoms with E-state index in [0.29, 0.717) is 17.0 Å². The number of hydrogen-bond acceptors (Lipinski definition) is 5. The van der Waals surface area contributed by atoms with Gasteiger partial charge in [-0.05, 0) is 60.2 Å². The van der Waals surface area contributed by atoms with Crippen LogP contribution in [-0.4, -0.2) is 49.2 Å². The van der Waals surface area contributed by atoms with Crippen LogP contribution in [0.1, 0.15) is 11.7 Å². The molecule has 1 heterocycles. The monoisotopic (exact) mass is 481 g/mol. The molecule has 0 aliphatic rings. The van der Waals surface area contributed by atoms with Gasteiger partial charge >= 0.3 is 0 Å². The Hall–Kier alpha value is -3.82. The van der Waals surface area contributed by atoms with E-state index < -0.39 is 18.0 Å². The van der Waals surface area contributed by atoms with E-state index >= 15 is 0 Å². The van der Waals surface area contributed by atoms with Crippen molar-refractivity contribution in [2.75, 3.05) is 27.4 Å². The van der Waals surface area contributed by atoms with Gasteiger partial charge in [0.1, 0.15) is 30.1 Å². The van der Waals surface area contributed by atoms with Crippen LogP contribution in [-0.2, 0) is 14.3 Å². The second-order valence-electron chi connectivity index (χ2n) is 7.91. The van der Waals surface area contributed by atoms with Crippen LogP contribution in [0.15, 0.2) is 72.9 Å². The summed E-state index contributed by atoms with van der Waals surface area (Å²) in [6.07, 6.45) is 0.923. The Bertz CT molecular complexity index is 1290. The predicted molar refractivity (Wildman–Crippen MR) is 126 cm³/mol. The molecule has 1 aromatic heterocycles. The van der Waals surface area contributed by atoms with Crippen LogP contribution in [0.4, 0.5) is 8.78 Å². The summed E-state index contributed by atoms with van der Waals surface area (Å²) in [5, 5.41) is 8.04. The molecule has 7 nitrogen and oxygen atoms in total. The van der Waals surface area contributed by atoms with Crippen LogP contribution >= 0.6 is 0 Å². The van der Waals surface area contributed by atoms with Gasteiger partial charge in [-0.1, -0.05) is 12.1 Å². The number of carbonyl (C=O) groups is 1. The third-order valence-electron chi connectivity index (χ3n) is 5.38. The van der Waals surface area contributed by atoms with Gasteiger partial charge in [-0.3, -0.25) is 4.79 Å². The molecule has 1 amide bonds. The van der Waals surface area contributed by atoms with Gasteiger partial charge in [0.2, 0.25) is 5.91 Å². The minimum atomic E-state index is -0.754. The number of nitrogens with one attached hydrogen (secondary N) is 1. The molecule has 0 aliphatic carbocycles. The maximum Gasteiger partial charge on any atom is 0.246 e. The Kier molecular flexibility index (Phi) is 7.69. The quantitative estimate of drug-likeness (QED) is 0.368. The molecule has 0 spiro atoms. The first kappa shape index (κ1) is 24.3. The minimum absolute atomic E-state index is 0.126. The van der Waals surface area contributed by atoms with Crippen LogP contribution in [0, 0.1) is 11.6 Å². The van der Waals surface area contributed by atoms with Crippen LogP contribution in [0.25, 0.3) is 16.6 Å². The molecule has 35 heavy (non-hydrogen) atoms. The van der Waals surface area contributed by atoms with Gasteiger partial charge in [0.05, 0.1) is 30.0 Å². The van der Waals surface area contributed by atoms with Crippen molar-refractivity contribution < 1.29 is 27.8 Å². The Morgan fingerprint density at radius 1 is 1.00 bits per heavy atom. The van der Waals surface area contributed by atoms with E-state index in [1.807, 2.05) is 6.07 Å². The van der Waals surface area contributed by atoms with Crippen molar-refractivity contribution >= 4 is 16.8 Å². The lowest BCUT2D eigenvalue weighted by Gasteiger charge is -2.29. The molecule has 0 aliphatic heterocycles. The molecular weight excluding hydrogens is 456 g/mol. The fraction of sp³-hybridized carbons (Fsp3) is 0.231. The van der Waals surface area contributed by atoms with Crippen LogP contribution in [0.3, 0.4) is 0 Å². The fourth-order valence-electron chi connectivity index (χ4n) is 3.85. The lowest BCUT2D eigenvalue weighted by Crippen LogP contribution is -2.45. The topological polar surface area (TPSA) is 74.6 Å². The third kappa shape index (κ3) is 5.82. The lowest BCUT2D eigenvalue weighted by atomic mass is 10.0. The van der Waals surface area contributed by atoms with E-state index in [4.69, 9.17) is 14.2 Å². The molecule has 2 atom stereocenters. The highest BCUT2D eigenvalue weighted by atomic mass is 19.1. The van der Waals surface area contributed by atoms with Crippen molar-refractivity contribution in [3.63, 3.8) is 0 Å². The highest BCUT2D eigenvalue weighted by molar-refractivity contribution is 5.82. The molecule has 0 bridgehead atoms. The summed E-state index contributed by atoms with van der Waals surface area (Å²) in [5.74, 6) is -0.609. The summed E-state index contributed by atoms with van der Waals surface area (Å²) >= 11 is 0. The number of benzene rings is 3. The number of halogens is 2. The van der Waals surface area contributed by atoms with E-state index in [-0.39, 0.29) is 24.9 Å². The van der Waals surface area contributed by atoms with E-state index in [9.17, 15) is 13.6 Å². The van der Waals surface area contributed by atoms with E-state index in [1.165, 1.54) is 38.5 Å². The molecule has 0 saturated heterocycles. The number of rotatable bonds is 10. The molecule has 4 rings (SSSR count). The highest BCUT2D eigenvalue weighted by Gasteiger charge is 2.28. The molecule has 4 aromatic rings. The number of amides is 1. The average molecular weight is 481 g/mol. The molecule has 0 radical (unpaired) electrons. The maximum absolute atomic E-state index is 14.1. The first-order valence-corrected chi connectivity index (χ1v) is 10.9. The molecule has 3 aromatic carbocycles. The number of ether oxygens (including phenoxy) is 3. The number of carbonyl (C=O) groups excluding carboxylic acids is 1. The van der Waals surface area contributed by atoms with Gasteiger partial charge < -0.3 is 19.5 Å². The standard InChI is InChI=1S/C26H25F2N3O4/c1-33-15-23(30-25(32)16-34-2)26(17-4-3-5-20(28)12-17)35-22-10-11-24-18(13-22)14-29-31(24)21-8-6-19(27)7-9-21/h3-14,23,26H,15-16H2,1-2H3,(H,30,32)/t23-,26+/m0/s1. The SMILES string of the molecule is COCC(=O)N[C@@H](COC)[C@H](Oc1ccc2c(cnn2-c2ccc(F)cc2)c1)c1cccc(F)c1. The van der Waals surface area contributed by atoms with E-state index in [1.54, 1.807) is 47.3 Å². The first-order chi connectivity index (χ1) is 17.0. The summed E-state index contributed by atoms with van der Waals surface area (Å²) in [6, 6.07) is 16.8. The van der Waals surface area contributed by atoms with Gasteiger partial charge in [0.15, 0.2) is 0 Å². The van der Waals surface area contributed by atoms with Crippen LogP contribution in [0.5, 0.6) is 5.75 Å². The van der Waals surface area contributed by atoms with Gasteiger partial charge in [0.25, 0.3) is 0 Å². The van der Waals surface area contributed by atoms with Crippen LogP contribution < -0.4 is 10.1 Å². The Morgan fingerprint density at radius 2 is 1.80 bits per heavy atom. The molecular formula is C26H25F2N3O4. The molecule has 0 saturated carbocycles. The zero-order valence-corrected chi connectivity index (χ0v) is 19.3. The number of nitrogens with zero attached hydrogens (tertiary/aromatic N) is 2. The van der Waals surface area contributed by atoms with Gasteiger partial charge in [-0.25, -0.2) is 13.5 Å². The van der Waals surface area contributed by atoms with Crippen molar-refractivity contribution in [2.24, 2.45) is 0 Å². The zero-order valence-electron chi connectivity index (χ0n) is 19.3. The normalized spacial score (nSPS) is 12.9. The van der Waals surface area contributed by atoms with Crippen molar-refractivity contribution in [3.05, 3.63) is 90.1 Å². The summed E-state index contributed by atoms with van der Waals surface area (Å²) in [6.45, 7) is -0.00794. The molecule has 1 N–H and O–H groups in total. The van der Waals surface area contributed by atoms with Gasteiger partial charge in [0, 0.05) is 19.6 Å². The van der Waals surface area contributed by atoms with E-state index in [0.717, 1.165) is 10.9 Å². The van der Waals surface area contributed by atoms with Crippen molar-refractivity contribution in [1.82, 2.24) is 15.1 Å². The number of hydrogen-bond donors (Lipinski definition) is 1. The summed E-state index contributed by atoms with van der Waals surface area (Å²) in [5.41, 5.74) is 2.05. The fourth-order valence-corrected chi connectivity index (χ4v) is 3.85. The van der Waals surface area contributed by atoms with Gasteiger partial charge in [-0.15, -0.1) is 0 Å². The minimum Gasteiger partial charge on any atom is -0.483 e. The largest absolute Gasteiger partial charge is 0.483 e. The zero-order chi connectivity index (χ0) is 24.8. The first-order valence-electron chi connectivity index (χ1n) is 10.9.